The molecule has 1 N–H and O–H groups in total. The SMILES string of the molecule is C[C@@H](Sc1nc2ccccc2c(=O)n1C[C@@H]1CCCO1)C(=O)Nc1cc(Cl)ccc1Cl. The molecule has 2 heterocycles. The number of ether oxygens (including phenoxy) is 1. The predicted octanol–water partition coefficient (Wildman–Crippen LogP) is 5.00. The quantitative estimate of drug-likeness (QED) is 0.399. The van der Waals surface area contributed by atoms with Gasteiger partial charge in [-0.1, -0.05) is 47.1 Å². The standard InChI is InChI=1S/C22H21Cl2N3O3S/c1-13(20(28)25-19-11-14(23)8-9-17(19)24)31-22-26-18-7-3-2-6-16(18)21(29)27(22)12-15-5-4-10-30-15/h2-3,6-9,11,13,15H,4-5,10,12H2,1H3,(H,25,28)/t13-,15+/m1/s1. The molecule has 1 aliphatic heterocycles. The van der Waals surface area contributed by atoms with Gasteiger partial charge in [-0.2, -0.15) is 0 Å². The van der Waals surface area contributed by atoms with E-state index < -0.39 is 5.25 Å². The van der Waals surface area contributed by atoms with Gasteiger partial charge in [0.25, 0.3) is 5.56 Å². The van der Waals surface area contributed by atoms with Crippen LogP contribution in [0.25, 0.3) is 10.9 Å². The van der Waals surface area contributed by atoms with E-state index in [1.54, 1.807) is 41.8 Å². The molecular formula is C22H21Cl2N3O3S. The number of carbonyl (C=O) groups excluding carboxylic acids is 1. The number of aromatic nitrogens is 2. The van der Waals surface area contributed by atoms with E-state index in [1.165, 1.54) is 11.8 Å². The largest absolute Gasteiger partial charge is 0.376 e. The summed E-state index contributed by atoms with van der Waals surface area (Å²) >= 11 is 13.4. The number of amides is 1. The Morgan fingerprint density at radius 3 is 2.90 bits per heavy atom. The number of anilines is 1. The molecule has 2 aromatic carbocycles. The van der Waals surface area contributed by atoms with Crippen molar-refractivity contribution in [1.82, 2.24) is 9.55 Å². The molecule has 0 aliphatic carbocycles. The summed E-state index contributed by atoms with van der Waals surface area (Å²) in [5.74, 6) is -0.264. The molecule has 4 rings (SSSR count). The van der Waals surface area contributed by atoms with Crippen molar-refractivity contribution in [3.63, 3.8) is 0 Å². The molecule has 6 nitrogen and oxygen atoms in total. The molecule has 2 atom stereocenters. The van der Waals surface area contributed by atoms with Crippen molar-refractivity contribution < 1.29 is 9.53 Å². The molecule has 162 valence electrons. The molecule has 0 unspecified atom stereocenters. The van der Waals surface area contributed by atoms with E-state index >= 15 is 0 Å². The Bertz CT molecular complexity index is 1180. The Balaban J connectivity index is 1.62. The van der Waals surface area contributed by atoms with Crippen molar-refractivity contribution in [3.8, 4) is 0 Å². The van der Waals surface area contributed by atoms with E-state index in [0.29, 0.717) is 44.9 Å². The van der Waals surface area contributed by atoms with E-state index in [1.807, 2.05) is 12.1 Å². The van der Waals surface area contributed by atoms with Crippen LogP contribution in [0.15, 0.2) is 52.4 Å². The van der Waals surface area contributed by atoms with E-state index in [-0.39, 0.29) is 17.6 Å². The fraction of sp³-hybridized carbons (Fsp3) is 0.318. The third kappa shape index (κ3) is 5.06. The van der Waals surface area contributed by atoms with Crippen LogP contribution in [0.4, 0.5) is 5.69 Å². The molecule has 0 spiro atoms. The smallest absolute Gasteiger partial charge is 0.262 e. The zero-order chi connectivity index (χ0) is 22.0. The summed E-state index contributed by atoms with van der Waals surface area (Å²) in [6.45, 7) is 2.87. The molecule has 0 saturated carbocycles. The lowest BCUT2D eigenvalue weighted by Crippen LogP contribution is -2.30. The molecule has 9 heteroatoms. The number of carbonyl (C=O) groups is 1. The second-order valence-corrected chi connectivity index (χ2v) is 9.49. The number of thioether (sulfide) groups is 1. The molecule has 1 aliphatic rings. The Kier molecular flexibility index (Phi) is 6.86. The first-order valence-corrected chi connectivity index (χ1v) is 11.6. The van der Waals surface area contributed by atoms with Crippen molar-refractivity contribution in [3.05, 3.63) is 62.9 Å². The van der Waals surface area contributed by atoms with Gasteiger partial charge in [-0.3, -0.25) is 14.2 Å². The number of nitrogens with one attached hydrogen (secondary N) is 1. The molecule has 1 fully saturated rings. The van der Waals surface area contributed by atoms with Gasteiger partial charge in [0.05, 0.1) is 39.5 Å². The lowest BCUT2D eigenvalue weighted by atomic mass is 10.2. The highest BCUT2D eigenvalue weighted by Crippen LogP contribution is 2.28. The monoisotopic (exact) mass is 477 g/mol. The van der Waals surface area contributed by atoms with Crippen LogP contribution in [0, 0.1) is 0 Å². The maximum absolute atomic E-state index is 13.2. The summed E-state index contributed by atoms with van der Waals surface area (Å²) in [7, 11) is 0. The van der Waals surface area contributed by atoms with Crippen LogP contribution < -0.4 is 10.9 Å². The van der Waals surface area contributed by atoms with Crippen LogP contribution >= 0.6 is 35.0 Å². The van der Waals surface area contributed by atoms with E-state index in [4.69, 9.17) is 27.9 Å². The minimum absolute atomic E-state index is 0.0330. The van der Waals surface area contributed by atoms with Gasteiger partial charge in [0.1, 0.15) is 0 Å². The Morgan fingerprint density at radius 1 is 1.32 bits per heavy atom. The topological polar surface area (TPSA) is 73.2 Å². The Labute approximate surface area is 193 Å². The molecule has 1 amide bonds. The summed E-state index contributed by atoms with van der Waals surface area (Å²) in [4.78, 5) is 30.7. The maximum Gasteiger partial charge on any atom is 0.262 e. The molecule has 1 saturated heterocycles. The summed E-state index contributed by atoms with van der Waals surface area (Å²) < 4.78 is 7.36. The normalized spacial score (nSPS) is 17.1. The van der Waals surface area contributed by atoms with Gasteiger partial charge in [0, 0.05) is 11.6 Å². The third-order valence-electron chi connectivity index (χ3n) is 5.07. The number of halogens is 2. The second-order valence-electron chi connectivity index (χ2n) is 7.34. The lowest BCUT2D eigenvalue weighted by Gasteiger charge is -2.18. The van der Waals surface area contributed by atoms with Crippen LogP contribution in [0.1, 0.15) is 19.8 Å². The lowest BCUT2D eigenvalue weighted by molar-refractivity contribution is -0.115. The summed E-state index contributed by atoms with van der Waals surface area (Å²) in [6.07, 6.45) is 1.84. The van der Waals surface area contributed by atoms with Crippen molar-refractivity contribution in [2.45, 2.75) is 42.8 Å². The third-order valence-corrected chi connectivity index (χ3v) is 6.73. The summed E-state index contributed by atoms with van der Waals surface area (Å²) in [5.41, 5.74) is 0.910. The van der Waals surface area contributed by atoms with Crippen molar-refractivity contribution >= 4 is 57.5 Å². The number of rotatable bonds is 6. The highest BCUT2D eigenvalue weighted by Gasteiger charge is 2.23. The molecular weight excluding hydrogens is 457 g/mol. The van der Waals surface area contributed by atoms with Gasteiger partial charge in [0.2, 0.25) is 5.91 Å². The minimum atomic E-state index is -0.529. The van der Waals surface area contributed by atoms with E-state index in [9.17, 15) is 9.59 Å². The van der Waals surface area contributed by atoms with Crippen LogP contribution in [-0.2, 0) is 16.1 Å². The fourth-order valence-electron chi connectivity index (χ4n) is 3.43. The molecule has 0 radical (unpaired) electrons. The number of fused-ring (bicyclic) bond motifs is 1. The summed E-state index contributed by atoms with van der Waals surface area (Å²) in [6, 6.07) is 12.1. The first-order chi connectivity index (χ1) is 14.9. The first-order valence-electron chi connectivity index (χ1n) is 9.96. The number of hydrogen-bond donors (Lipinski definition) is 1. The maximum atomic E-state index is 13.2. The van der Waals surface area contributed by atoms with Crippen LogP contribution in [0.3, 0.4) is 0 Å². The van der Waals surface area contributed by atoms with Gasteiger partial charge >= 0.3 is 0 Å². The number of hydrogen-bond acceptors (Lipinski definition) is 5. The highest BCUT2D eigenvalue weighted by atomic mass is 35.5. The Morgan fingerprint density at radius 2 is 2.13 bits per heavy atom. The van der Waals surface area contributed by atoms with Crippen LogP contribution in [0.2, 0.25) is 10.0 Å². The first kappa shape index (κ1) is 22.1. The summed E-state index contributed by atoms with van der Waals surface area (Å²) in [5, 5.41) is 4.18. The van der Waals surface area contributed by atoms with Gasteiger partial charge < -0.3 is 10.1 Å². The van der Waals surface area contributed by atoms with Crippen LogP contribution in [-0.4, -0.2) is 33.4 Å². The second kappa shape index (κ2) is 9.61. The predicted molar refractivity (Wildman–Crippen MR) is 125 cm³/mol. The zero-order valence-electron chi connectivity index (χ0n) is 16.8. The van der Waals surface area contributed by atoms with Gasteiger partial charge in [0.15, 0.2) is 5.16 Å². The minimum Gasteiger partial charge on any atom is -0.376 e. The average molecular weight is 478 g/mol. The van der Waals surface area contributed by atoms with Gasteiger partial charge in [-0.15, -0.1) is 0 Å². The van der Waals surface area contributed by atoms with E-state index in [2.05, 4.69) is 10.3 Å². The van der Waals surface area contributed by atoms with Gasteiger partial charge in [-0.05, 0) is 50.1 Å². The number of benzene rings is 2. The molecule has 31 heavy (non-hydrogen) atoms. The highest BCUT2D eigenvalue weighted by molar-refractivity contribution is 8.00. The average Bonchev–Trinajstić information content (AvgIpc) is 3.26. The van der Waals surface area contributed by atoms with E-state index in [0.717, 1.165) is 12.8 Å². The van der Waals surface area contributed by atoms with Gasteiger partial charge in [-0.25, -0.2) is 4.98 Å². The van der Waals surface area contributed by atoms with Crippen molar-refractivity contribution in [2.24, 2.45) is 0 Å². The Hall–Kier alpha value is -2.06. The van der Waals surface area contributed by atoms with Crippen LogP contribution in [0.5, 0.6) is 0 Å². The number of nitrogens with zero attached hydrogens (tertiary/aromatic N) is 2. The molecule has 0 bridgehead atoms. The zero-order valence-corrected chi connectivity index (χ0v) is 19.1. The molecule has 1 aromatic heterocycles. The van der Waals surface area contributed by atoms with Crippen molar-refractivity contribution in [1.29, 1.82) is 0 Å². The van der Waals surface area contributed by atoms with Crippen molar-refractivity contribution in [2.75, 3.05) is 11.9 Å². The molecule has 3 aromatic rings. The number of para-hydroxylation sites is 1. The fourth-order valence-corrected chi connectivity index (χ4v) is 4.68.